The van der Waals surface area contributed by atoms with Crippen LogP contribution in [0.5, 0.6) is 0 Å². The topological polar surface area (TPSA) is 62.7 Å². The molecule has 1 saturated heterocycles. The highest BCUT2D eigenvalue weighted by Gasteiger charge is 2.39. The fourth-order valence-electron chi connectivity index (χ4n) is 6.37. The van der Waals surface area contributed by atoms with Crippen molar-refractivity contribution < 1.29 is 14.6 Å². The van der Waals surface area contributed by atoms with Crippen LogP contribution in [0.4, 0.5) is 0 Å². The number of likely N-dealkylation sites (tertiary alicyclic amines) is 1. The van der Waals surface area contributed by atoms with Crippen LogP contribution in [0, 0.1) is 11.8 Å². The SMILES string of the molecule is COC1CC(O)CC(C(=O)N2CCC([C@H]3c4ncc(Br)cc4CCc4cc(Cl)cc(Br)c43)CC2)C1. The Morgan fingerprint density at radius 2 is 1.86 bits per heavy atom. The van der Waals surface area contributed by atoms with Gasteiger partial charge in [0.2, 0.25) is 5.91 Å². The number of pyridine rings is 1. The first kappa shape index (κ1) is 25.7. The van der Waals surface area contributed by atoms with Crippen molar-refractivity contribution in [3.8, 4) is 0 Å². The first-order valence-corrected chi connectivity index (χ1v) is 14.4. The van der Waals surface area contributed by atoms with Crippen molar-refractivity contribution in [1.29, 1.82) is 0 Å². The number of methoxy groups -OCH3 is 1. The molecule has 4 atom stereocenters. The Bertz CT molecular complexity index is 1110. The van der Waals surface area contributed by atoms with Gasteiger partial charge in [-0.05, 0) is 102 Å². The van der Waals surface area contributed by atoms with Crippen molar-refractivity contribution in [2.75, 3.05) is 20.2 Å². The molecule has 1 amide bonds. The average Bonchev–Trinajstić information content (AvgIpc) is 3.00. The molecule has 0 radical (unpaired) electrons. The summed E-state index contributed by atoms with van der Waals surface area (Å²) in [6.45, 7) is 1.47. The molecule has 1 saturated carbocycles. The van der Waals surface area contributed by atoms with Gasteiger partial charge in [-0.3, -0.25) is 9.78 Å². The quantitative estimate of drug-likeness (QED) is 0.461. The maximum Gasteiger partial charge on any atom is 0.225 e. The van der Waals surface area contributed by atoms with Crippen LogP contribution >= 0.6 is 43.5 Å². The number of ether oxygens (including phenoxy) is 1. The smallest absolute Gasteiger partial charge is 0.225 e. The van der Waals surface area contributed by atoms with Gasteiger partial charge in [0.1, 0.15) is 0 Å². The van der Waals surface area contributed by atoms with Gasteiger partial charge in [0, 0.05) is 52.2 Å². The number of aromatic nitrogens is 1. The van der Waals surface area contributed by atoms with Gasteiger partial charge in [0.15, 0.2) is 0 Å². The number of amides is 1. The maximum absolute atomic E-state index is 13.3. The molecule has 3 unspecified atom stereocenters. The molecular formula is C27H31Br2ClN2O3. The van der Waals surface area contributed by atoms with Gasteiger partial charge in [0.05, 0.1) is 17.9 Å². The molecule has 1 N–H and O–H groups in total. The fraction of sp³-hybridized carbons (Fsp3) is 0.556. The number of hydrogen-bond donors (Lipinski definition) is 1. The Morgan fingerprint density at radius 1 is 1.11 bits per heavy atom. The third kappa shape index (κ3) is 5.35. The Morgan fingerprint density at radius 3 is 2.60 bits per heavy atom. The normalized spacial score (nSPS) is 27.2. The van der Waals surface area contributed by atoms with Gasteiger partial charge >= 0.3 is 0 Å². The second-order valence-corrected chi connectivity index (χ2v) is 12.4. The largest absolute Gasteiger partial charge is 0.393 e. The number of rotatable bonds is 3. The highest BCUT2D eigenvalue weighted by molar-refractivity contribution is 9.10. The number of carbonyl (C=O) groups excluding carboxylic acids is 1. The minimum atomic E-state index is -0.464. The molecule has 5 rings (SSSR count). The number of hydrogen-bond acceptors (Lipinski definition) is 4. The van der Waals surface area contributed by atoms with Crippen molar-refractivity contribution in [1.82, 2.24) is 9.88 Å². The van der Waals surface area contributed by atoms with Crippen LogP contribution in [0.25, 0.3) is 0 Å². The maximum atomic E-state index is 13.3. The van der Waals surface area contributed by atoms with Gasteiger partial charge in [-0.15, -0.1) is 0 Å². The summed E-state index contributed by atoms with van der Waals surface area (Å²) in [6.07, 6.45) is 6.95. The van der Waals surface area contributed by atoms with Crippen LogP contribution in [0.2, 0.25) is 5.02 Å². The Kier molecular flexibility index (Phi) is 7.90. The van der Waals surface area contributed by atoms with E-state index in [1.54, 1.807) is 7.11 Å². The number of halogens is 3. The van der Waals surface area contributed by atoms with E-state index in [1.165, 1.54) is 16.7 Å². The number of carbonyl (C=O) groups is 1. The van der Waals surface area contributed by atoms with Crippen LogP contribution in [-0.2, 0) is 22.4 Å². The molecule has 0 spiro atoms. The van der Waals surface area contributed by atoms with Gasteiger partial charge in [-0.25, -0.2) is 0 Å². The summed E-state index contributed by atoms with van der Waals surface area (Å²) < 4.78 is 7.52. The second-order valence-electron chi connectivity index (χ2n) is 10.2. The van der Waals surface area contributed by atoms with E-state index in [0.29, 0.717) is 25.2 Å². The fourth-order valence-corrected chi connectivity index (χ4v) is 7.87. The zero-order valence-electron chi connectivity index (χ0n) is 19.9. The van der Waals surface area contributed by atoms with Crippen molar-refractivity contribution in [3.63, 3.8) is 0 Å². The number of piperidine rings is 1. The summed E-state index contributed by atoms with van der Waals surface area (Å²) in [4.78, 5) is 20.3. The summed E-state index contributed by atoms with van der Waals surface area (Å²) in [5.74, 6) is 0.550. The van der Waals surface area contributed by atoms with Crippen molar-refractivity contribution in [3.05, 3.63) is 60.7 Å². The standard InChI is InChI=1S/C27H31Br2ClN2O3/c1-35-22-11-18(10-21(33)13-22)27(34)32-6-4-15(5-7-32)25-24-16(9-20(30)12-23(24)29)2-3-17-8-19(28)14-31-26(17)25/h8-9,12,14-15,18,21-22,25,33H,2-7,10-11,13H2,1H3/t18?,21?,22?,25-/m1/s1. The molecule has 188 valence electrons. The first-order chi connectivity index (χ1) is 16.8. The molecule has 2 fully saturated rings. The Hall–Kier alpha value is -0.990. The molecule has 5 nitrogen and oxygen atoms in total. The van der Waals surface area contributed by atoms with E-state index in [9.17, 15) is 9.90 Å². The van der Waals surface area contributed by atoms with Gasteiger partial charge in [0.25, 0.3) is 0 Å². The third-order valence-electron chi connectivity index (χ3n) is 8.06. The average molecular weight is 627 g/mol. The van der Waals surface area contributed by atoms with E-state index in [2.05, 4.69) is 44.0 Å². The van der Waals surface area contributed by atoms with E-state index in [-0.39, 0.29) is 23.8 Å². The minimum Gasteiger partial charge on any atom is -0.393 e. The number of benzene rings is 1. The van der Waals surface area contributed by atoms with Gasteiger partial charge < -0.3 is 14.7 Å². The third-order valence-corrected chi connectivity index (χ3v) is 9.37. The van der Waals surface area contributed by atoms with Crippen LogP contribution < -0.4 is 0 Å². The monoisotopic (exact) mass is 624 g/mol. The molecule has 0 bridgehead atoms. The van der Waals surface area contributed by atoms with Crippen molar-refractivity contribution in [2.45, 2.75) is 63.1 Å². The van der Waals surface area contributed by atoms with Gasteiger partial charge in [-0.1, -0.05) is 27.5 Å². The molecule has 8 heteroatoms. The van der Waals surface area contributed by atoms with E-state index in [1.807, 2.05) is 17.2 Å². The molecule has 1 aromatic carbocycles. The minimum absolute atomic E-state index is 0.0428. The molecule has 1 aliphatic heterocycles. The van der Waals surface area contributed by atoms with E-state index >= 15 is 0 Å². The van der Waals surface area contributed by atoms with E-state index < -0.39 is 6.10 Å². The molecule has 3 aliphatic rings. The van der Waals surface area contributed by atoms with Crippen molar-refractivity contribution >= 4 is 49.4 Å². The zero-order valence-corrected chi connectivity index (χ0v) is 23.8. The molecule has 35 heavy (non-hydrogen) atoms. The Labute approximate surface area is 228 Å². The van der Waals surface area contributed by atoms with Crippen LogP contribution in [-0.4, -0.2) is 53.3 Å². The second kappa shape index (κ2) is 10.8. The van der Waals surface area contributed by atoms with E-state index in [4.69, 9.17) is 21.3 Å². The number of nitrogens with zero attached hydrogens (tertiary/aromatic N) is 2. The summed E-state index contributed by atoms with van der Waals surface area (Å²) >= 11 is 13.9. The van der Waals surface area contributed by atoms with E-state index in [0.717, 1.165) is 58.4 Å². The molecule has 1 aromatic heterocycles. The summed E-state index contributed by atoms with van der Waals surface area (Å²) in [7, 11) is 1.66. The molecular weight excluding hydrogens is 596 g/mol. The highest BCUT2D eigenvalue weighted by atomic mass is 79.9. The zero-order chi connectivity index (χ0) is 24.7. The number of aliphatic hydroxyl groups excluding tert-OH is 1. The van der Waals surface area contributed by atoms with Crippen LogP contribution in [0.3, 0.4) is 0 Å². The lowest BCUT2D eigenvalue weighted by Gasteiger charge is -2.40. The summed E-state index contributed by atoms with van der Waals surface area (Å²) in [5, 5.41) is 11.0. The number of aryl methyl sites for hydroxylation is 2. The Balaban J connectivity index is 1.39. The summed E-state index contributed by atoms with van der Waals surface area (Å²) in [6, 6.07) is 6.31. The number of aliphatic hydroxyl groups is 1. The number of fused-ring (bicyclic) bond motifs is 2. The van der Waals surface area contributed by atoms with Crippen molar-refractivity contribution in [2.24, 2.45) is 11.8 Å². The molecule has 2 heterocycles. The van der Waals surface area contributed by atoms with Crippen LogP contribution in [0.1, 0.15) is 60.4 Å². The molecule has 2 aliphatic carbocycles. The molecule has 2 aromatic rings. The lowest BCUT2D eigenvalue weighted by molar-refractivity contribution is -0.142. The lowest BCUT2D eigenvalue weighted by atomic mass is 9.76. The highest BCUT2D eigenvalue weighted by Crippen LogP contribution is 2.46. The van der Waals surface area contributed by atoms with Gasteiger partial charge in [-0.2, -0.15) is 0 Å². The lowest BCUT2D eigenvalue weighted by Crippen LogP contribution is -2.46. The van der Waals surface area contributed by atoms with Crippen LogP contribution in [0.15, 0.2) is 33.3 Å². The predicted molar refractivity (Wildman–Crippen MR) is 144 cm³/mol. The summed E-state index contributed by atoms with van der Waals surface area (Å²) in [5.41, 5.74) is 5.01. The first-order valence-electron chi connectivity index (χ1n) is 12.5. The predicted octanol–water partition coefficient (Wildman–Crippen LogP) is 5.91.